The van der Waals surface area contributed by atoms with Crippen molar-refractivity contribution < 1.29 is 14.3 Å². The van der Waals surface area contributed by atoms with E-state index >= 15 is 0 Å². The van der Waals surface area contributed by atoms with Crippen molar-refractivity contribution in [2.24, 2.45) is 0 Å². The van der Waals surface area contributed by atoms with E-state index < -0.39 is 5.97 Å². The van der Waals surface area contributed by atoms with Crippen molar-refractivity contribution in [3.63, 3.8) is 0 Å². The zero-order valence-electron chi connectivity index (χ0n) is 15.1. The molecular formula is C19H27N3O3. The van der Waals surface area contributed by atoms with E-state index in [1.807, 2.05) is 18.2 Å². The molecule has 0 radical (unpaired) electrons. The molecular weight excluding hydrogens is 318 g/mol. The molecule has 0 saturated carbocycles. The number of rotatable bonds is 8. The summed E-state index contributed by atoms with van der Waals surface area (Å²) >= 11 is 0. The van der Waals surface area contributed by atoms with Gasteiger partial charge in [0.1, 0.15) is 0 Å². The molecule has 0 saturated heterocycles. The molecule has 0 aromatic heterocycles. The van der Waals surface area contributed by atoms with Crippen molar-refractivity contribution in [2.75, 3.05) is 13.2 Å². The first-order valence-electron chi connectivity index (χ1n) is 8.76. The van der Waals surface area contributed by atoms with E-state index in [1.165, 1.54) is 5.56 Å². The van der Waals surface area contributed by atoms with Crippen molar-refractivity contribution in [1.29, 1.82) is 0 Å². The van der Waals surface area contributed by atoms with E-state index in [2.05, 4.69) is 35.0 Å². The summed E-state index contributed by atoms with van der Waals surface area (Å²) in [6, 6.07) is 9.89. The molecule has 0 spiro atoms. The average molecular weight is 345 g/mol. The van der Waals surface area contributed by atoms with Crippen molar-refractivity contribution in [2.45, 2.75) is 45.7 Å². The Kier molecular flexibility index (Phi) is 7.01. The number of ether oxygens (including phenoxy) is 1. The number of hydrogen-bond acceptors (Lipinski definition) is 4. The minimum Gasteiger partial charge on any atom is -0.463 e. The largest absolute Gasteiger partial charge is 0.463 e. The van der Waals surface area contributed by atoms with Crippen LogP contribution in [0.25, 0.3) is 0 Å². The molecule has 0 aliphatic carbocycles. The fraction of sp³-hybridized carbons (Fsp3) is 0.474. The number of carbonyl (C=O) groups excluding carboxylic acids is 2. The summed E-state index contributed by atoms with van der Waals surface area (Å²) < 4.78 is 5.11. The van der Waals surface area contributed by atoms with Crippen LogP contribution in [0.4, 0.5) is 4.79 Å². The fourth-order valence-electron chi connectivity index (χ4n) is 2.83. The first-order valence-corrected chi connectivity index (χ1v) is 8.76. The monoisotopic (exact) mass is 345 g/mol. The van der Waals surface area contributed by atoms with Crippen LogP contribution in [0.15, 0.2) is 41.6 Å². The second-order valence-corrected chi connectivity index (χ2v) is 6.24. The molecule has 6 nitrogen and oxygen atoms in total. The predicted octanol–water partition coefficient (Wildman–Crippen LogP) is 2.12. The molecule has 2 amide bonds. The fourth-order valence-corrected chi connectivity index (χ4v) is 2.83. The lowest BCUT2D eigenvalue weighted by molar-refractivity contribution is -0.139. The van der Waals surface area contributed by atoms with Crippen LogP contribution in [0.3, 0.4) is 0 Å². The molecule has 0 unspecified atom stereocenters. The number of nitrogens with one attached hydrogen (secondary N) is 3. The van der Waals surface area contributed by atoms with E-state index in [0.717, 1.165) is 12.8 Å². The number of urea groups is 1. The SMILES string of the molecule is CCOC(=O)C1=C(CN[C@H](C)CCc2ccccc2)NC(=O)N[C@@H]1C. The van der Waals surface area contributed by atoms with E-state index in [1.54, 1.807) is 13.8 Å². The molecule has 3 N–H and O–H groups in total. The van der Waals surface area contributed by atoms with E-state index in [4.69, 9.17) is 4.74 Å². The second kappa shape index (κ2) is 9.22. The smallest absolute Gasteiger partial charge is 0.337 e. The summed E-state index contributed by atoms with van der Waals surface area (Å²) in [5.41, 5.74) is 2.36. The van der Waals surface area contributed by atoms with E-state index in [-0.39, 0.29) is 18.1 Å². The first-order chi connectivity index (χ1) is 12.0. The molecule has 1 aromatic carbocycles. The van der Waals surface area contributed by atoms with E-state index in [9.17, 15) is 9.59 Å². The highest BCUT2D eigenvalue weighted by Gasteiger charge is 2.29. The van der Waals surface area contributed by atoms with Crippen LogP contribution in [0.1, 0.15) is 32.8 Å². The molecule has 2 atom stereocenters. The van der Waals surface area contributed by atoms with Crippen molar-refractivity contribution >= 4 is 12.0 Å². The topological polar surface area (TPSA) is 79.5 Å². The van der Waals surface area contributed by atoms with Crippen molar-refractivity contribution in [3.05, 3.63) is 47.2 Å². The first kappa shape index (κ1) is 19.0. The van der Waals surface area contributed by atoms with Gasteiger partial charge in [-0.15, -0.1) is 0 Å². The Morgan fingerprint density at radius 3 is 2.72 bits per heavy atom. The average Bonchev–Trinajstić information content (AvgIpc) is 2.58. The quantitative estimate of drug-likeness (QED) is 0.631. The molecule has 2 rings (SSSR count). The van der Waals surface area contributed by atoms with Crippen LogP contribution in [-0.2, 0) is 16.0 Å². The second-order valence-electron chi connectivity index (χ2n) is 6.24. The number of carbonyl (C=O) groups is 2. The normalized spacial score (nSPS) is 18.4. The number of amides is 2. The molecule has 6 heteroatoms. The van der Waals surface area contributed by atoms with Gasteiger partial charge in [0.2, 0.25) is 0 Å². The highest BCUT2D eigenvalue weighted by atomic mass is 16.5. The minimum atomic E-state index is -0.392. The highest BCUT2D eigenvalue weighted by Crippen LogP contribution is 2.14. The van der Waals surface area contributed by atoms with Crippen LogP contribution in [-0.4, -0.2) is 37.2 Å². The third-order valence-electron chi connectivity index (χ3n) is 4.20. The van der Waals surface area contributed by atoms with Crippen LogP contribution in [0, 0.1) is 0 Å². The predicted molar refractivity (Wildman–Crippen MR) is 97.0 cm³/mol. The van der Waals surface area contributed by atoms with Gasteiger partial charge in [-0.1, -0.05) is 30.3 Å². The van der Waals surface area contributed by atoms with Crippen molar-refractivity contribution in [3.8, 4) is 0 Å². The number of esters is 1. The Morgan fingerprint density at radius 2 is 2.04 bits per heavy atom. The van der Waals surface area contributed by atoms with Crippen molar-refractivity contribution in [1.82, 2.24) is 16.0 Å². The number of hydrogen-bond donors (Lipinski definition) is 3. The van der Waals surface area contributed by atoms with Gasteiger partial charge in [0, 0.05) is 18.3 Å². The Labute approximate surface area is 149 Å². The summed E-state index contributed by atoms with van der Waals surface area (Å²) in [4.78, 5) is 23.9. The van der Waals surface area contributed by atoms with Gasteiger partial charge in [-0.25, -0.2) is 9.59 Å². The van der Waals surface area contributed by atoms with Gasteiger partial charge in [-0.05, 0) is 39.2 Å². The molecule has 1 heterocycles. The summed E-state index contributed by atoms with van der Waals surface area (Å²) in [6.07, 6.45) is 1.94. The lowest BCUT2D eigenvalue weighted by atomic mass is 10.0. The summed E-state index contributed by atoms with van der Waals surface area (Å²) in [5, 5.41) is 8.81. The maximum atomic E-state index is 12.2. The zero-order chi connectivity index (χ0) is 18.2. The summed E-state index contributed by atoms with van der Waals surface area (Å²) in [7, 11) is 0. The minimum absolute atomic E-state index is 0.248. The standard InChI is InChI=1S/C19H27N3O3/c1-4-25-18(23)17-14(3)21-19(24)22-16(17)12-20-13(2)10-11-15-8-6-5-7-9-15/h5-9,13-14,20H,4,10-12H2,1-3H3,(H2,21,22,24)/t13-,14-/m1/s1. The highest BCUT2D eigenvalue weighted by molar-refractivity contribution is 5.94. The van der Waals surface area contributed by atoms with Crippen LogP contribution < -0.4 is 16.0 Å². The van der Waals surface area contributed by atoms with Gasteiger partial charge in [-0.3, -0.25) is 0 Å². The maximum Gasteiger partial charge on any atom is 0.337 e. The molecule has 1 aliphatic heterocycles. The van der Waals surface area contributed by atoms with Crippen LogP contribution in [0.2, 0.25) is 0 Å². The Bertz CT molecular complexity index is 628. The van der Waals surface area contributed by atoms with Gasteiger partial charge < -0.3 is 20.7 Å². The summed E-state index contributed by atoms with van der Waals surface area (Å²) in [6.45, 7) is 6.37. The lowest BCUT2D eigenvalue weighted by Crippen LogP contribution is -2.51. The lowest BCUT2D eigenvalue weighted by Gasteiger charge is -2.27. The Morgan fingerprint density at radius 1 is 1.32 bits per heavy atom. The third kappa shape index (κ3) is 5.60. The maximum absolute atomic E-state index is 12.2. The van der Waals surface area contributed by atoms with Crippen LogP contribution >= 0.6 is 0 Å². The Balaban J connectivity index is 1.95. The van der Waals surface area contributed by atoms with Gasteiger partial charge in [-0.2, -0.15) is 0 Å². The van der Waals surface area contributed by atoms with Crippen LogP contribution in [0.5, 0.6) is 0 Å². The Hall–Kier alpha value is -2.34. The number of aryl methyl sites for hydroxylation is 1. The zero-order valence-corrected chi connectivity index (χ0v) is 15.1. The third-order valence-corrected chi connectivity index (χ3v) is 4.20. The van der Waals surface area contributed by atoms with Gasteiger partial charge in [0.25, 0.3) is 0 Å². The molecule has 1 aromatic rings. The molecule has 136 valence electrons. The van der Waals surface area contributed by atoms with E-state index in [0.29, 0.717) is 24.4 Å². The summed E-state index contributed by atoms with van der Waals surface area (Å²) in [5.74, 6) is -0.392. The number of benzene rings is 1. The van der Waals surface area contributed by atoms with Gasteiger partial charge >= 0.3 is 12.0 Å². The molecule has 0 fully saturated rings. The van der Waals surface area contributed by atoms with Gasteiger partial charge in [0.05, 0.1) is 18.2 Å². The molecule has 0 bridgehead atoms. The molecule has 1 aliphatic rings. The van der Waals surface area contributed by atoms with Gasteiger partial charge in [0.15, 0.2) is 0 Å². The molecule has 25 heavy (non-hydrogen) atoms.